The molecule has 1 fully saturated rings. The minimum atomic E-state index is -4.58. The molecule has 1 atom stereocenters. The fraction of sp³-hybridized carbons (Fsp3) is 0.500. The molecule has 1 saturated heterocycles. The number of ether oxygens (including phenoxy) is 1. The Kier molecular flexibility index (Phi) is 4.90. The molecule has 2 aliphatic heterocycles. The van der Waals surface area contributed by atoms with Crippen molar-refractivity contribution in [3.05, 3.63) is 34.7 Å². The van der Waals surface area contributed by atoms with Gasteiger partial charge in [0.05, 0.1) is 21.4 Å². The van der Waals surface area contributed by atoms with Gasteiger partial charge in [0.2, 0.25) is 5.91 Å². The lowest BCUT2D eigenvalue weighted by atomic mass is 9.96. The lowest BCUT2D eigenvalue weighted by molar-refractivity contribution is -0.129. The summed E-state index contributed by atoms with van der Waals surface area (Å²) in [5.74, 6) is -1.16. The molecule has 3 rings (SSSR count). The molecule has 2 aliphatic rings. The molecule has 2 heterocycles. The minimum Gasteiger partial charge on any atom is -0.482 e. The summed E-state index contributed by atoms with van der Waals surface area (Å²) in [4.78, 5) is 14.0. The molecule has 0 aromatic heterocycles. The molecule has 4 nitrogen and oxygen atoms in total. The van der Waals surface area contributed by atoms with E-state index in [9.17, 15) is 22.2 Å². The van der Waals surface area contributed by atoms with Gasteiger partial charge in [0.1, 0.15) is 17.1 Å². The van der Waals surface area contributed by atoms with Crippen LogP contribution in [0.5, 0.6) is 5.75 Å². The second kappa shape index (κ2) is 6.72. The van der Waals surface area contributed by atoms with Crippen molar-refractivity contribution in [2.45, 2.75) is 44.9 Å². The summed E-state index contributed by atoms with van der Waals surface area (Å²) in [6.45, 7) is 3.56. The van der Waals surface area contributed by atoms with E-state index in [1.165, 1.54) is 4.90 Å². The van der Waals surface area contributed by atoms with E-state index in [1.54, 1.807) is 38.1 Å². The van der Waals surface area contributed by atoms with Crippen molar-refractivity contribution in [3.8, 4) is 5.75 Å². The molecule has 1 aromatic carbocycles. The third-order valence-electron chi connectivity index (χ3n) is 4.38. The Labute approximate surface area is 152 Å². The number of halogens is 3. The Morgan fingerprint density at radius 3 is 2.58 bits per heavy atom. The van der Waals surface area contributed by atoms with Crippen molar-refractivity contribution < 1.29 is 26.9 Å². The van der Waals surface area contributed by atoms with Crippen LogP contribution in [0.1, 0.15) is 38.7 Å². The molecular formula is C18H20F3NO3S. The number of para-hydroxylation sites is 1. The van der Waals surface area contributed by atoms with Crippen LogP contribution in [-0.2, 0) is 15.6 Å². The number of alkyl halides is 3. The second-order valence-electron chi connectivity index (χ2n) is 6.89. The number of rotatable bonds is 3. The van der Waals surface area contributed by atoms with Gasteiger partial charge in [-0.2, -0.15) is 13.2 Å². The van der Waals surface area contributed by atoms with Crippen molar-refractivity contribution in [1.82, 2.24) is 4.90 Å². The molecule has 26 heavy (non-hydrogen) atoms. The first-order valence-corrected chi connectivity index (χ1v) is 9.71. The van der Waals surface area contributed by atoms with Crippen molar-refractivity contribution in [2.75, 3.05) is 12.3 Å². The maximum atomic E-state index is 12.9. The molecule has 142 valence electrons. The Morgan fingerprint density at radius 2 is 1.92 bits per heavy atom. The van der Waals surface area contributed by atoms with Gasteiger partial charge in [-0.05, 0) is 38.8 Å². The smallest absolute Gasteiger partial charge is 0.400 e. The molecule has 0 saturated carbocycles. The van der Waals surface area contributed by atoms with E-state index in [0.717, 1.165) is 12.8 Å². The molecule has 8 heteroatoms. The van der Waals surface area contributed by atoms with E-state index >= 15 is 0 Å². The lowest BCUT2D eigenvalue weighted by Gasteiger charge is -2.40. The van der Waals surface area contributed by atoms with Crippen LogP contribution in [0.3, 0.4) is 0 Å². The number of piperidine rings is 1. The van der Waals surface area contributed by atoms with Crippen molar-refractivity contribution in [2.24, 2.45) is 0 Å². The van der Waals surface area contributed by atoms with Gasteiger partial charge in [0.25, 0.3) is 0 Å². The Balaban J connectivity index is 2.22. The number of benzene rings is 1. The predicted octanol–water partition coefficient (Wildman–Crippen LogP) is 3.85. The van der Waals surface area contributed by atoms with Crippen LogP contribution in [-0.4, -0.2) is 39.1 Å². The largest absolute Gasteiger partial charge is 0.482 e. The van der Waals surface area contributed by atoms with Crippen LogP contribution >= 0.6 is 0 Å². The average molecular weight is 387 g/mol. The Bertz CT molecular complexity index is 786. The van der Waals surface area contributed by atoms with Crippen molar-refractivity contribution in [1.29, 1.82) is 0 Å². The van der Waals surface area contributed by atoms with Gasteiger partial charge in [0.15, 0.2) is 0 Å². The van der Waals surface area contributed by atoms with Crippen LogP contribution in [0.25, 0.3) is 5.70 Å². The van der Waals surface area contributed by atoms with Gasteiger partial charge in [0, 0.05) is 18.5 Å². The average Bonchev–Trinajstić information content (AvgIpc) is 2.51. The first kappa shape index (κ1) is 18.9. The van der Waals surface area contributed by atoms with Gasteiger partial charge in [-0.25, -0.2) is 0 Å². The molecule has 0 bridgehead atoms. The summed E-state index contributed by atoms with van der Waals surface area (Å²) in [7, 11) is -2.36. The molecule has 1 unspecified atom stereocenters. The third kappa shape index (κ3) is 3.65. The number of fused-ring (bicyclic) bond motifs is 1. The van der Waals surface area contributed by atoms with E-state index in [4.69, 9.17) is 4.74 Å². The minimum absolute atomic E-state index is 0.0174. The zero-order chi connectivity index (χ0) is 19.1. The number of amides is 1. The van der Waals surface area contributed by atoms with Crippen molar-refractivity contribution >= 4 is 22.4 Å². The second-order valence-corrected chi connectivity index (χ2v) is 8.28. The molecular weight excluding hydrogens is 367 g/mol. The SMILES string of the molecule is CC1(C)Oc2ccccc2C(N2CCCCC2=O)=C1S(=O)CC(F)(F)F. The van der Waals surface area contributed by atoms with E-state index in [1.807, 2.05) is 0 Å². The fourth-order valence-electron chi connectivity index (χ4n) is 3.39. The number of carbonyl (C=O) groups excluding carboxylic acids is 1. The summed E-state index contributed by atoms with van der Waals surface area (Å²) in [5, 5.41) is 0. The number of hydrogen-bond donors (Lipinski definition) is 0. The monoisotopic (exact) mass is 387 g/mol. The third-order valence-corrected chi connectivity index (χ3v) is 6.11. The van der Waals surface area contributed by atoms with E-state index < -0.39 is 28.3 Å². The van der Waals surface area contributed by atoms with Crippen LogP contribution in [0.4, 0.5) is 13.2 Å². The zero-order valence-corrected chi connectivity index (χ0v) is 15.4. The topological polar surface area (TPSA) is 46.6 Å². The lowest BCUT2D eigenvalue weighted by Crippen LogP contribution is -2.44. The normalized spacial score (nSPS) is 21.3. The fourth-order valence-corrected chi connectivity index (χ4v) is 4.86. The van der Waals surface area contributed by atoms with Crippen LogP contribution < -0.4 is 4.74 Å². The highest BCUT2D eigenvalue weighted by atomic mass is 32.2. The van der Waals surface area contributed by atoms with Gasteiger partial charge >= 0.3 is 6.18 Å². The standard InChI is InChI=1S/C18H20F3NO3S/c1-17(2)16(26(24)11-18(19,20)21)15(22-10-6-5-9-14(22)23)12-7-3-4-8-13(12)25-17/h3-4,7-8H,5-6,9-11H2,1-2H3. The van der Waals surface area contributed by atoms with E-state index in [2.05, 4.69) is 0 Å². The zero-order valence-electron chi connectivity index (χ0n) is 14.6. The van der Waals surface area contributed by atoms with Gasteiger partial charge < -0.3 is 9.64 Å². The van der Waals surface area contributed by atoms with Crippen LogP contribution in [0, 0.1) is 0 Å². The molecule has 0 spiro atoms. The molecule has 0 radical (unpaired) electrons. The van der Waals surface area contributed by atoms with E-state index in [-0.39, 0.29) is 10.8 Å². The van der Waals surface area contributed by atoms with Crippen LogP contribution in [0.15, 0.2) is 29.2 Å². The van der Waals surface area contributed by atoms with Crippen molar-refractivity contribution in [3.63, 3.8) is 0 Å². The predicted molar refractivity (Wildman–Crippen MR) is 92.7 cm³/mol. The first-order valence-electron chi connectivity index (χ1n) is 8.39. The highest BCUT2D eigenvalue weighted by Gasteiger charge is 2.44. The number of likely N-dealkylation sites (tertiary alicyclic amines) is 1. The highest BCUT2D eigenvalue weighted by Crippen LogP contribution is 2.45. The summed E-state index contributed by atoms with van der Waals surface area (Å²) in [6.07, 6.45) is -2.77. The number of hydrogen-bond acceptors (Lipinski definition) is 3. The van der Waals surface area contributed by atoms with E-state index in [0.29, 0.717) is 30.0 Å². The maximum Gasteiger partial charge on any atom is 0.400 e. The highest BCUT2D eigenvalue weighted by molar-refractivity contribution is 7.89. The van der Waals surface area contributed by atoms with Gasteiger partial charge in [-0.1, -0.05) is 12.1 Å². The summed E-state index contributed by atoms with van der Waals surface area (Å²) >= 11 is 0. The molecule has 0 aliphatic carbocycles. The van der Waals surface area contributed by atoms with Crippen LogP contribution in [0.2, 0.25) is 0 Å². The quantitative estimate of drug-likeness (QED) is 0.792. The Morgan fingerprint density at radius 1 is 1.23 bits per heavy atom. The summed E-state index contributed by atoms with van der Waals surface area (Å²) < 4.78 is 57.3. The number of carbonyl (C=O) groups is 1. The number of nitrogens with zero attached hydrogens (tertiary/aromatic N) is 1. The first-order chi connectivity index (χ1) is 12.1. The summed E-state index contributed by atoms with van der Waals surface area (Å²) in [6, 6.07) is 6.86. The molecule has 0 N–H and O–H groups in total. The van der Waals surface area contributed by atoms with Gasteiger partial charge in [-0.3, -0.25) is 9.00 Å². The Hall–Kier alpha value is -1.83. The van der Waals surface area contributed by atoms with Gasteiger partial charge in [-0.15, -0.1) is 0 Å². The summed E-state index contributed by atoms with van der Waals surface area (Å²) in [5.41, 5.74) is -0.408. The molecule has 1 aromatic rings. The maximum absolute atomic E-state index is 12.9. The molecule has 1 amide bonds.